The van der Waals surface area contributed by atoms with Gasteiger partial charge in [0, 0.05) is 17.7 Å². The van der Waals surface area contributed by atoms with Crippen molar-refractivity contribution >= 4 is 40.2 Å². The van der Waals surface area contributed by atoms with E-state index in [0.29, 0.717) is 0 Å². The van der Waals surface area contributed by atoms with E-state index in [9.17, 15) is 19.2 Å². The van der Waals surface area contributed by atoms with E-state index in [2.05, 4.69) is 15.6 Å². The van der Waals surface area contributed by atoms with Gasteiger partial charge in [0.15, 0.2) is 5.13 Å². The molecule has 0 aliphatic heterocycles. The van der Waals surface area contributed by atoms with Crippen LogP contribution in [0.1, 0.15) is 37.2 Å². The monoisotopic (exact) mass is 342 g/mol. The lowest BCUT2D eigenvalue weighted by molar-refractivity contribution is -0.139. The van der Waals surface area contributed by atoms with Gasteiger partial charge in [0.1, 0.15) is 11.7 Å². The fraction of sp³-hybridized carbons (Fsp3) is 0.462. The van der Waals surface area contributed by atoms with Crippen LogP contribution in [-0.4, -0.2) is 39.8 Å². The van der Waals surface area contributed by atoms with Gasteiger partial charge in [-0.05, 0) is 6.42 Å². The maximum atomic E-state index is 12.0. The second kappa shape index (κ2) is 8.22. The summed E-state index contributed by atoms with van der Waals surface area (Å²) in [7, 11) is 0. The summed E-state index contributed by atoms with van der Waals surface area (Å²) in [5, 5.41) is 15.5. The number of carboxylic acid groups (broad SMARTS) is 1. The summed E-state index contributed by atoms with van der Waals surface area (Å²) in [6, 6.07) is -1.24. The van der Waals surface area contributed by atoms with Gasteiger partial charge in [-0.3, -0.25) is 14.4 Å². The molecule has 5 N–H and O–H groups in total. The molecule has 1 aromatic rings. The van der Waals surface area contributed by atoms with Gasteiger partial charge in [-0.15, -0.1) is 11.3 Å². The van der Waals surface area contributed by atoms with Crippen molar-refractivity contribution in [3.8, 4) is 0 Å². The van der Waals surface area contributed by atoms with Crippen LogP contribution in [0.15, 0.2) is 5.38 Å². The first kappa shape index (κ1) is 18.6. The Balaban J connectivity index is 2.69. The number of nitrogens with one attached hydrogen (secondary N) is 2. The first-order chi connectivity index (χ1) is 10.7. The second-order valence-corrected chi connectivity index (χ2v) is 5.91. The molecule has 1 rings (SSSR count). The third kappa shape index (κ3) is 6.02. The van der Waals surface area contributed by atoms with E-state index in [4.69, 9.17) is 10.8 Å². The lowest BCUT2D eigenvalue weighted by Crippen LogP contribution is -2.41. The first-order valence-electron chi connectivity index (χ1n) is 6.79. The number of carboxylic acids is 1. The van der Waals surface area contributed by atoms with Crippen LogP contribution in [0, 0.1) is 5.92 Å². The number of hydrogen-bond acceptors (Lipinski definition) is 6. The molecule has 10 heteroatoms. The number of aliphatic carboxylic acids is 1. The number of nitrogens with zero attached hydrogens (tertiary/aromatic N) is 1. The Hall–Kier alpha value is -2.49. The lowest BCUT2D eigenvalue weighted by Gasteiger charge is -2.12. The smallest absolute Gasteiger partial charge is 0.326 e. The lowest BCUT2D eigenvalue weighted by atomic mass is 10.1. The average Bonchev–Trinajstić information content (AvgIpc) is 2.91. The van der Waals surface area contributed by atoms with Gasteiger partial charge in [0.25, 0.3) is 5.91 Å². The maximum Gasteiger partial charge on any atom is 0.326 e. The average molecular weight is 342 g/mol. The van der Waals surface area contributed by atoms with Crippen LogP contribution in [0.4, 0.5) is 5.13 Å². The normalized spacial score (nSPS) is 11.8. The predicted octanol–water partition coefficient (Wildman–Crippen LogP) is 0.186. The SMILES string of the molecule is CC(C)C(=O)Nc1nc(C(=O)NC(CCC(N)=O)C(=O)O)cs1. The van der Waals surface area contributed by atoms with Crippen molar-refractivity contribution in [3.63, 3.8) is 0 Å². The van der Waals surface area contributed by atoms with E-state index >= 15 is 0 Å². The molecular formula is C13H18N4O5S. The number of carbonyl (C=O) groups excluding carboxylic acids is 3. The summed E-state index contributed by atoms with van der Waals surface area (Å²) in [6.07, 6.45) is -0.276. The Labute approximate surface area is 136 Å². The molecule has 3 amide bonds. The highest BCUT2D eigenvalue weighted by Gasteiger charge is 2.22. The minimum atomic E-state index is -1.27. The molecule has 9 nitrogen and oxygen atoms in total. The van der Waals surface area contributed by atoms with Gasteiger partial charge in [-0.25, -0.2) is 9.78 Å². The van der Waals surface area contributed by atoms with Crippen LogP contribution in [0.25, 0.3) is 0 Å². The van der Waals surface area contributed by atoms with Crippen LogP contribution in [0.5, 0.6) is 0 Å². The second-order valence-electron chi connectivity index (χ2n) is 5.05. The van der Waals surface area contributed by atoms with E-state index in [1.54, 1.807) is 13.8 Å². The molecule has 0 spiro atoms. The van der Waals surface area contributed by atoms with Crippen molar-refractivity contribution in [2.75, 3.05) is 5.32 Å². The Morgan fingerprint density at radius 2 is 2.00 bits per heavy atom. The summed E-state index contributed by atoms with van der Waals surface area (Å²) in [4.78, 5) is 49.2. The Bertz CT molecular complexity index is 613. The van der Waals surface area contributed by atoms with Crippen LogP contribution < -0.4 is 16.4 Å². The fourth-order valence-corrected chi connectivity index (χ4v) is 2.15. The zero-order chi connectivity index (χ0) is 17.6. The molecule has 1 heterocycles. The minimum absolute atomic E-state index is 0.0145. The highest BCUT2D eigenvalue weighted by molar-refractivity contribution is 7.14. The van der Waals surface area contributed by atoms with Crippen molar-refractivity contribution < 1.29 is 24.3 Å². The highest BCUT2D eigenvalue weighted by Crippen LogP contribution is 2.16. The van der Waals surface area contributed by atoms with E-state index in [0.717, 1.165) is 11.3 Å². The number of thiazole rings is 1. The predicted molar refractivity (Wildman–Crippen MR) is 82.9 cm³/mol. The van der Waals surface area contributed by atoms with Crippen molar-refractivity contribution in [2.45, 2.75) is 32.7 Å². The topological polar surface area (TPSA) is 151 Å². The van der Waals surface area contributed by atoms with Crippen LogP contribution >= 0.6 is 11.3 Å². The van der Waals surface area contributed by atoms with Gasteiger partial charge in [-0.1, -0.05) is 13.8 Å². The molecule has 0 saturated carbocycles. The Morgan fingerprint density at radius 1 is 1.35 bits per heavy atom. The molecular weight excluding hydrogens is 324 g/mol. The van der Waals surface area contributed by atoms with Gasteiger partial charge in [0.2, 0.25) is 11.8 Å². The molecule has 0 saturated heterocycles. The fourth-order valence-electron chi connectivity index (χ4n) is 1.46. The number of nitrogens with two attached hydrogens (primary N) is 1. The van der Waals surface area contributed by atoms with E-state index in [1.165, 1.54) is 5.38 Å². The van der Waals surface area contributed by atoms with Gasteiger partial charge in [0.05, 0.1) is 0 Å². The summed E-state index contributed by atoms with van der Waals surface area (Å²) in [6.45, 7) is 3.43. The molecule has 0 fully saturated rings. The highest BCUT2D eigenvalue weighted by atomic mass is 32.1. The van der Waals surface area contributed by atoms with Crippen LogP contribution in [-0.2, 0) is 14.4 Å². The molecule has 1 aromatic heterocycles. The molecule has 0 aliphatic rings. The van der Waals surface area contributed by atoms with Gasteiger partial charge in [-0.2, -0.15) is 0 Å². The molecule has 126 valence electrons. The Morgan fingerprint density at radius 3 is 2.52 bits per heavy atom. The maximum absolute atomic E-state index is 12.0. The van der Waals surface area contributed by atoms with Crippen LogP contribution in [0.3, 0.4) is 0 Å². The molecule has 1 atom stereocenters. The van der Waals surface area contributed by atoms with Gasteiger partial charge >= 0.3 is 5.97 Å². The largest absolute Gasteiger partial charge is 0.480 e. The molecule has 1 unspecified atom stereocenters. The van der Waals surface area contributed by atoms with E-state index in [-0.39, 0.29) is 35.5 Å². The van der Waals surface area contributed by atoms with E-state index in [1.807, 2.05) is 0 Å². The third-order valence-corrected chi connectivity index (χ3v) is 3.53. The van der Waals surface area contributed by atoms with Crippen molar-refractivity contribution in [2.24, 2.45) is 11.7 Å². The number of anilines is 1. The molecule has 23 heavy (non-hydrogen) atoms. The summed E-state index contributed by atoms with van der Waals surface area (Å²) >= 11 is 1.05. The first-order valence-corrected chi connectivity index (χ1v) is 7.67. The van der Waals surface area contributed by atoms with Crippen molar-refractivity contribution in [1.82, 2.24) is 10.3 Å². The summed E-state index contributed by atoms with van der Waals surface area (Å²) in [5.41, 5.74) is 4.95. The van der Waals surface area contributed by atoms with Crippen LogP contribution in [0.2, 0.25) is 0 Å². The zero-order valence-electron chi connectivity index (χ0n) is 12.7. The summed E-state index contributed by atoms with van der Waals surface area (Å²) < 4.78 is 0. The van der Waals surface area contributed by atoms with Crippen molar-refractivity contribution in [1.29, 1.82) is 0 Å². The van der Waals surface area contributed by atoms with Crippen molar-refractivity contribution in [3.05, 3.63) is 11.1 Å². The number of primary amides is 1. The molecule has 0 aliphatic carbocycles. The molecule has 0 bridgehead atoms. The van der Waals surface area contributed by atoms with E-state index < -0.39 is 23.8 Å². The molecule has 0 aromatic carbocycles. The standard InChI is InChI=1S/C13H18N4O5S/c1-6(2)10(19)17-13-16-8(5-23-13)11(20)15-7(12(21)22)3-4-9(14)18/h5-7H,3-4H2,1-2H3,(H2,14,18)(H,15,20)(H,21,22)(H,16,17,19). The zero-order valence-corrected chi connectivity index (χ0v) is 13.5. The van der Waals surface area contributed by atoms with Gasteiger partial charge < -0.3 is 21.5 Å². The minimum Gasteiger partial charge on any atom is -0.480 e. The number of hydrogen-bond donors (Lipinski definition) is 4. The number of carbonyl (C=O) groups is 4. The number of rotatable bonds is 8. The Kier molecular flexibility index (Phi) is 6.64. The number of aromatic nitrogens is 1. The molecule has 0 radical (unpaired) electrons. The summed E-state index contributed by atoms with van der Waals surface area (Å²) in [5.74, 6) is -3.11. The third-order valence-electron chi connectivity index (χ3n) is 2.77. The quantitative estimate of drug-likeness (QED) is 0.529. The number of amides is 3.